The predicted octanol–water partition coefficient (Wildman–Crippen LogP) is 2.53. The van der Waals surface area contributed by atoms with Crippen molar-refractivity contribution in [2.24, 2.45) is 0 Å². The average Bonchev–Trinajstić information content (AvgIpc) is 2.66. The highest BCUT2D eigenvalue weighted by atomic mass is 16.6. The summed E-state index contributed by atoms with van der Waals surface area (Å²) in [6.07, 6.45) is 7.75. The van der Waals surface area contributed by atoms with Crippen molar-refractivity contribution in [1.29, 1.82) is 0 Å². The standard InChI is InChI=1S/C12H18N4O3/c1-13-11-10(16(17)18)12(15-8-14-11)19-9-6-4-2-3-5-7-9/h8-9H,2-7H2,1H3,(H,13,14,15). The van der Waals surface area contributed by atoms with Crippen molar-refractivity contribution in [3.05, 3.63) is 16.4 Å². The van der Waals surface area contributed by atoms with Crippen molar-refractivity contribution in [1.82, 2.24) is 9.97 Å². The molecule has 7 nitrogen and oxygen atoms in total. The zero-order chi connectivity index (χ0) is 13.7. The Hall–Kier alpha value is -1.92. The quantitative estimate of drug-likeness (QED) is 0.511. The van der Waals surface area contributed by atoms with Crippen LogP contribution in [0, 0.1) is 10.1 Å². The molecular weight excluding hydrogens is 248 g/mol. The Bertz CT molecular complexity index is 445. The topological polar surface area (TPSA) is 90.2 Å². The molecule has 19 heavy (non-hydrogen) atoms. The summed E-state index contributed by atoms with van der Waals surface area (Å²) in [7, 11) is 1.59. The van der Waals surface area contributed by atoms with Gasteiger partial charge in [-0.3, -0.25) is 10.1 Å². The number of aromatic nitrogens is 2. The largest absolute Gasteiger partial charge is 0.469 e. The van der Waals surface area contributed by atoms with Crippen LogP contribution in [0.15, 0.2) is 6.33 Å². The third-order valence-electron chi connectivity index (χ3n) is 3.29. The van der Waals surface area contributed by atoms with E-state index in [1.54, 1.807) is 7.05 Å². The third kappa shape index (κ3) is 3.30. The summed E-state index contributed by atoms with van der Waals surface area (Å²) in [4.78, 5) is 18.4. The van der Waals surface area contributed by atoms with Crippen LogP contribution in [0.2, 0.25) is 0 Å². The van der Waals surface area contributed by atoms with Crippen molar-refractivity contribution in [3.8, 4) is 5.88 Å². The number of nitro groups is 1. The Balaban J connectivity index is 2.21. The highest BCUT2D eigenvalue weighted by molar-refractivity contribution is 5.60. The van der Waals surface area contributed by atoms with Crippen LogP contribution in [0.5, 0.6) is 5.88 Å². The monoisotopic (exact) mass is 266 g/mol. The van der Waals surface area contributed by atoms with Crippen LogP contribution >= 0.6 is 0 Å². The van der Waals surface area contributed by atoms with E-state index in [-0.39, 0.29) is 23.5 Å². The van der Waals surface area contributed by atoms with Gasteiger partial charge in [-0.2, -0.15) is 4.98 Å². The molecule has 0 radical (unpaired) electrons. The lowest BCUT2D eigenvalue weighted by atomic mass is 10.1. The molecule has 1 saturated carbocycles. The lowest BCUT2D eigenvalue weighted by molar-refractivity contribution is -0.385. The van der Waals surface area contributed by atoms with E-state index in [2.05, 4.69) is 15.3 Å². The molecule has 1 fully saturated rings. The van der Waals surface area contributed by atoms with Gasteiger partial charge in [-0.15, -0.1) is 0 Å². The van der Waals surface area contributed by atoms with E-state index in [0.29, 0.717) is 0 Å². The fraction of sp³-hybridized carbons (Fsp3) is 0.667. The molecule has 0 saturated heterocycles. The van der Waals surface area contributed by atoms with Crippen LogP contribution < -0.4 is 10.1 Å². The Morgan fingerprint density at radius 1 is 1.32 bits per heavy atom. The SMILES string of the molecule is CNc1ncnc(OC2CCCCCC2)c1[N+](=O)[O-]. The van der Waals surface area contributed by atoms with Crippen LogP contribution in [-0.4, -0.2) is 28.0 Å². The second-order valence-electron chi connectivity index (χ2n) is 4.61. The normalized spacial score (nSPS) is 16.7. The molecule has 1 aromatic heterocycles. The van der Waals surface area contributed by atoms with Gasteiger partial charge in [-0.05, 0) is 25.7 Å². The number of nitrogens with zero attached hydrogens (tertiary/aromatic N) is 3. The average molecular weight is 266 g/mol. The summed E-state index contributed by atoms with van der Waals surface area (Å²) in [5.41, 5.74) is -0.186. The summed E-state index contributed by atoms with van der Waals surface area (Å²) in [5, 5.41) is 13.8. The number of hydrogen-bond donors (Lipinski definition) is 1. The van der Waals surface area contributed by atoms with Gasteiger partial charge < -0.3 is 10.1 Å². The summed E-state index contributed by atoms with van der Waals surface area (Å²) < 4.78 is 5.74. The lowest BCUT2D eigenvalue weighted by Gasteiger charge is -2.16. The molecule has 7 heteroatoms. The first-order valence-corrected chi connectivity index (χ1v) is 6.56. The molecule has 0 aliphatic heterocycles. The van der Waals surface area contributed by atoms with Crippen molar-refractivity contribution in [2.75, 3.05) is 12.4 Å². The maximum atomic E-state index is 11.1. The van der Waals surface area contributed by atoms with Gasteiger partial charge in [0, 0.05) is 7.05 Å². The highest BCUT2D eigenvalue weighted by Gasteiger charge is 2.26. The summed E-state index contributed by atoms with van der Waals surface area (Å²) in [6.45, 7) is 0. The Kier molecular flexibility index (Phi) is 4.48. The third-order valence-corrected chi connectivity index (χ3v) is 3.29. The Morgan fingerprint density at radius 3 is 2.58 bits per heavy atom. The molecule has 1 aromatic rings. The Morgan fingerprint density at radius 2 is 2.00 bits per heavy atom. The van der Waals surface area contributed by atoms with Crippen LogP contribution in [0.4, 0.5) is 11.5 Å². The molecule has 2 rings (SSSR count). The fourth-order valence-electron chi connectivity index (χ4n) is 2.31. The maximum Gasteiger partial charge on any atom is 0.372 e. The minimum Gasteiger partial charge on any atom is -0.469 e. The molecule has 0 aromatic carbocycles. The number of rotatable bonds is 4. The van der Waals surface area contributed by atoms with Gasteiger partial charge in [-0.1, -0.05) is 12.8 Å². The minimum absolute atomic E-state index is 0.0146. The second kappa shape index (κ2) is 6.31. The van der Waals surface area contributed by atoms with Crippen molar-refractivity contribution >= 4 is 11.5 Å². The van der Waals surface area contributed by atoms with Crippen LogP contribution in [0.25, 0.3) is 0 Å². The van der Waals surface area contributed by atoms with Crippen molar-refractivity contribution in [3.63, 3.8) is 0 Å². The van der Waals surface area contributed by atoms with Gasteiger partial charge in [0.25, 0.3) is 5.88 Å². The van der Waals surface area contributed by atoms with E-state index in [0.717, 1.165) is 25.7 Å². The number of hydrogen-bond acceptors (Lipinski definition) is 6. The molecule has 0 amide bonds. The number of nitrogens with one attached hydrogen (secondary N) is 1. The first kappa shape index (κ1) is 13.5. The van der Waals surface area contributed by atoms with Gasteiger partial charge in [-0.25, -0.2) is 4.98 Å². The van der Waals surface area contributed by atoms with Crippen LogP contribution in [0.3, 0.4) is 0 Å². The fourth-order valence-corrected chi connectivity index (χ4v) is 2.31. The van der Waals surface area contributed by atoms with Crippen LogP contribution in [-0.2, 0) is 0 Å². The highest BCUT2D eigenvalue weighted by Crippen LogP contribution is 2.32. The lowest BCUT2D eigenvalue weighted by Crippen LogP contribution is -2.17. The van der Waals surface area contributed by atoms with E-state index in [1.807, 2.05) is 0 Å². The molecule has 1 N–H and O–H groups in total. The van der Waals surface area contributed by atoms with E-state index < -0.39 is 4.92 Å². The molecule has 0 spiro atoms. The smallest absolute Gasteiger partial charge is 0.372 e. The van der Waals surface area contributed by atoms with Gasteiger partial charge in [0.05, 0.1) is 4.92 Å². The van der Waals surface area contributed by atoms with Crippen molar-refractivity contribution < 1.29 is 9.66 Å². The first-order chi connectivity index (χ1) is 9.22. The zero-order valence-electron chi connectivity index (χ0n) is 11.0. The van der Waals surface area contributed by atoms with Crippen LogP contribution in [0.1, 0.15) is 38.5 Å². The predicted molar refractivity (Wildman–Crippen MR) is 70.4 cm³/mol. The van der Waals surface area contributed by atoms with E-state index in [1.165, 1.54) is 19.2 Å². The van der Waals surface area contributed by atoms with E-state index in [9.17, 15) is 10.1 Å². The molecule has 0 unspecified atom stereocenters. The molecule has 104 valence electrons. The summed E-state index contributed by atoms with van der Waals surface area (Å²) in [6, 6.07) is 0. The van der Waals surface area contributed by atoms with Gasteiger partial charge in [0.2, 0.25) is 5.82 Å². The summed E-state index contributed by atoms with van der Waals surface area (Å²) >= 11 is 0. The second-order valence-corrected chi connectivity index (χ2v) is 4.61. The van der Waals surface area contributed by atoms with Gasteiger partial charge in [0.1, 0.15) is 12.4 Å². The van der Waals surface area contributed by atoms with E-state index >= 15 is 0 Å². The molecule has 0 bridgehead atoms. The van der Waals surface area contributed by atoms with Crippen molar-refractivity contribution in [2.45, 2.75) is 44.6 Å². The molecule has 1 heterocycles. The van der Waals surface area contributed by atoms with Gasteiger partial charge in [0.15, 0.2) is 0 Å². The van der Waals surface area contributed by atoms with Gasteiger partial charge >= 0.3 is 5.69 Å². The molecule has 1 aliphatic carbocycles. The first-order valence-electron chi connectivity index (χ1n) is 6.56. The summed E-state index contributed by atoms with van der Waals surface area (Å²) in [5.74, 6) is 0.250. The maximum absolute atomic E-state index is 11.1. The number of anilines is 1. The minimum atomic E-state index is -0.502. The molecule has 1 aliphatic rings. The molecule has 0 atom stereocenters. The Labute approximate surface area is 111 Å². The molecular formula is C12H18N4O3. The zero-order valence-corrected chi connectivity index (χ0v) is 11.0. The number of ether oxygens (including phenoxy) is 1. The van der Waals surface area contributed by atoms with E-state index in [4.69, 9.17) is 4.74 Å².